The Morgan fingerprint density at radius 1 is 1.15 bits per heavy atom. The van der Waals surface area contributed by atoms with Crippen LogP contribution in [-0.2, 0) is 19.3 Å². The molecule has 0 amide bonds. The fourth-order valence-electron chi connectivity index (χ4n) is 7.62. The third-order valence-corrected chi connectivity index (χ3v) is 11.7. The summed E-state index contributed by atoms with van der Waals surface area (Å²) in [5.74, 6) is 1.32. The Morgan fingerprint density at radius 2 is 1.90 bits per heavy atom. The Bertz CT molecular complexity index is 1910. The van der Waals surface area contributed by atoms with Gasteiger partial charge in [-0.05, 0) is 94.1 Å². The smallest absolute Gasteiger partial charge is 0.158 e. The minimum absolute atomic E-state index is 0.131. The predicted octanol–water partition coefficient (Wildman–Crippen LogP) is 8.02. The van der Waals surface area contributed by atoms with Gasteiger partial charge in [0.05, 0.1) is 26.8 Å². The molecule has 2 saturated heterocycles. The highest BCUT2D eigenvalue weighted by molar-refractivity contribution is 7.23. The van der Waals surface area contributed by atoms with Crippen molar-refractivity contribution in [3.8, 4) is 17.2 Å². The average molecular weight is 692 g/mol. The van der Waals surface area contributed by atoms with Crippen LogP contribution in [0.4, 0.5) is 13.8 Å². The molecule has 7 rings (SSSR count). The molecular weight excluding hydrogens is 648 g/mol. The Labute approximate surface area is 291 Å². The number of rotatable bonds is 6. The van der Waals surface area contributed by atoms with Crippen LogP contribution in [0.3, 0.4) is 0 Å². The van der Waals surface area contributed by atoms with Gasteiger partial charge in [-0.2, -0.15) is 5.26 Å². The van der Waals surface area contributed by atoms with Crippen LogP contribution in [0.25, 0.3) is 32.1 Å². The van der Waals surface area contributed by atoms with Gasteiger partial charge in [0.1, 0.15) is 28.2 Å². The molecule has 48 heavy (non-hydrogen) atoms. The van der Waals surface area contributed by atoms with Gasteiger partial charge in [0.25, 0.3) is 0 Å². The van der Waals surface area contributed by atoms with Crippen LogP contribution < -0.4 is 5.73 Å². The van der Waals surface area contributed by atoms with Crippen molar-refractivity contribution in [2.45, 2.75) is 58.3 Å². The van der Waals surface area contributed by atoms with E-state index in [2.05, 4.69) is 29.5 Å². The second-order valence-electron chi connectivity index (χ2n) is 13.6. The average Bonchev–Trinajstić information content (AvgIpc) is 3.79. The number of aromatic nitrogens is 2. The van der Waals surface area contributed by atoms with E-state index in [4.69, 9.17) is 27.3 Å². The largest absolute Gasteiger partial charge is 0.389 e. The van der Waals surface area contributed by atoms with Crippen LogP contribution >= 0.6 is 22.9 Å². The lowest BCUT2D eigenvalue weighted by atomic mass is 9.85. The second-order valence-corrected chi connectivity index (χ2v) is 15.0. The van der Waals surface area contributed by atoms with E-state index >= 15 is 4.39 Å². The van der Waals surface area contributed by atoms with E-state index in [1.54, 1.807) is 0 Å². The summed E-state index contributed by atoms with van der Waals surface area (Å²) in [5.41, 5.74) is 8.62. The first-order valence-corrected chi connectivity index (χ1v) is 18.1. The molecule has 7 nitrogen and oxygen atoms in total. The summed E-state index contributed by atoms with van der Waals surface area (Å²) in [6.45, 7) is 10.8. The number of anilines is 1. The molecule has 2 aromatic heterocycles. The van der Waals surface area contributed by atoms with E-state index in [-0.39, 0.29) is 36.8 Å². The van der Waals surface area contributed by atoms with Gasteiger partial charge in [0, 0.05) is 49.9 Å². The summed E-state index contributed by atoms with van der Waals surface area (Å²) >= 11 is 8.12. The lowest BCUT2D eigenvalue weighted by molar-refractivity contribution is 0.266. The molecule has 2 fully saturated rings. The maximum Gasteiger partial charge on any atom is 0.158 e. The Balaban J connectivity index is 0.000000604. The molecule has 2 atom stereocenters. The van der Waals surface area contributed by atoms with Crippen LogP contribution in [0.2, 0.25) is 5.02 Å². The zero-order valence-electron chi connectivity index (χ0n) is 28.3. The number of benzene rings is 2. The zero-order valence-corrected chi connectivity index (χ0v) is 29.9. The van der Waals surface area contributed by atoms with Gasteiger partial charge in [-0.25, -0.2) is 18.7 Å². The number of nitrogens with zero attached hydrogens (tertiary/aromatic N) is 6. The van der Waals surface area contributed by atoms with E-state index in [1.807, 2.05) is 25.9 Å². The Kier molecular flexibility index (Phi) is 10.1. The first-order chi connectivity index (χ1) is 23.0. The summed E-state index contributed by atoms with van der Waals surface area (Å²) < 4.78 is 31.8. The maximum absolute atomic E-state index is 16.8. The number of halogens is 3. The number of nitrogen functional groups attached to an aromatic ring is 1. The molecule has 4 aromatic rings. The lowest BCUT2D eigenvalue weighted by Gasteiger charge is -2.28. The lowest BCUT2D eigenvalue weighted by Crippen LogP contribution is -2.30. The van der Waals surface area contributed by atoms with E-state index in [9.17, 15) is 9.65 Å². The molecule has 11 heteroatoms. The standard InChI is InChI=1S/C32H33ClF2N6S.C5H11N/c1-5-6-24-38-23-13-17(18-11-12-41(15-18)16(2)40(3)4)7-8-20-26(23)30(39-24)29(35)27(28(20)33)19-9-10-22(34)31-25(19)21(14-36)32(37)42-31;1-6-4-2-3-5-6/h9-10,17-18H,2,5-8,11-13,15,37H2,1,3-4H3;2-5H2,1H3. The number of nitriles is 1. The molecule has 0 saturated carbocycles. The highest BCUT2D eigenvalue weighted by Gasteiger charge is 2.35. The summed E-state index contributed by atoms with van der Waals surface area (Å²) in [7, 11) is 6.20. The molecule has 2 aliphatic heterocycles. The Hall–Kier alpha value is -3.52. The number of aryl methyl sites for hydroxylation is 2. The van der Waals surface area contributed by atoms with Gasteiger partial charge >= 0.3 is 0 Å². The molecule has 2 N–H and O–H groups in total. The summed E-state index contributed by atoms with van der Waals surface area (Å²) in [6, 6.07) is 4.86. The molecular formula is C37H44ClF2N7S. The predicted molar refractivity (Wildman–Crippen MR) is 193 cm³/mol. The van der Waals surface area contributed by atoms with Crippen LogP contribution in [0.1, 0.15) is 61.7 Å². The Morgan fingerprint density at radius 3 is 2.54 bits per heavy atom. The summed E-state index contributed by atoms with van der Waals surface area (Å²) in [5, 5.41) is 11.3. The number of likely N-dealkylation sites (tertiary alicyclic amines) is 2. The fraction of sp³-hybridized carbons (Fsp3) is 0.486. The highest BCUT2D eigenvalue weighted by atomic mass is 35.5. The molecule has 3 aliphatic rings. The number of nitrogens with two attached hydrogens (primary N) is 1. The van der Waals surface area contributed by atoms with Crippen molar-refractivity contribution in [3.05, 3.63) is 63.8 Å². The first kappa shape index (κ1) is 34.3. The minimum Gasteiger partial charge on any atom is -0.389 e. The van der Waals surface area contributed by atoms with Crippen LogP contribution in [-0.4, -0.2) is 72.0 Å². The number of fused-ring (bicyclic) bond motifs is 1. The molecule has 2 aromatic carbocycles. The van der Waals surface area contributed by atoms with Crippen molar-refractivity contribution in [2.24, 2.45) is 11.8 Å². The fourth-order valence-corrected chi connectivity index (χ4v) is 8.94. The van der Waals surface area contributed by atoms with E-state index < -0.39 is 11.6 Å². The summed E-state index contributed by atoms with van der Waals surface area (Å²) in [6.07, 6.45) is 7.58. The monoisotopic (exact) mass is 691 g/mol. The molecule has 0 spiro atoms. The second kappa shape index (κ2) is 14.1. The van der Waals surface area contributed by atoms with E-state index in [0.717, 1.165) is 67.2 Å². The molecule has 0 bridgehead atoms. The van der Waals surface area contributed by atoms with Gasteiger partial charge in [0.15, 0.2) is 5.82 Å². The molecule has 1 aliphatic carbocycles. The molecule has 254 valence electrons. The van der Waals surface area contributed by atoms with Crippen molar-refractivity contribution in [1.82, 2.24) is 24.7 Å². The van der Waals surface area contributed by atoms with E-state index in [1.165, 1.54) is 38.1 Å². The molecule has 2 unspecified atom stereocenters. The van der Waals surface area contributed by atoms with Gasteiger partial charge in [-0.3, -0.25) is 0 Å². The van der Waals surface area contributed by atoms with E-state index in [0.29, 0.717) is 41.5 Å². The number of thiophene rings is 1. The third kappa shape index (κ3) is 6.33. The highest BCUT2D eigenvalue weighted by Crippen LogP contribution is 2.48. The zero-order chi connectivity index (χ0) is 34.3. The number of hydrogen-bond donors (Lipinski definition) is 1. The van der Waals surface area contributed by atoms with Crippen LogP contribution in [0.5, 0.6) is 0 Å². The van der Waals surface area contributed by atoms with Gasteiger partial charge in [0.2, 0.25) is 0 Å². The van der Waals surface area contributed by atoms with Crippen molar-refractivity contribution in [2.75, 3.05) is 53.1 Å². The van der Waals surface area contributed by atoms with Crippen LogP contribution in [0, 0.1) is 34.8 Å². The third-order valence-electron chi connectivity index (χ3n) is 10.2. The van der Waals surface area contributed by atoms with Crippen molar-refractivity contribution in [1.29, 1.82) is 5.26 Å². The van der Waals surface area contributed by atoms with Crippen molar-refractivity contribution >= 4 is 48.9 Å². The van der Waals surface area contributed by atoms with Gasteiger partial charge in [-0.15, -0.1) is 11.3 Å². The normalized spacial score (nSPS) is 19.3. The van der Waals surface area contributed by atoms with Crippen LogP contribution in [0.15, 0.2) is 24.5 Å². The topological polar surface area (TPSA) is 85.3 Å². The number of hydrogen-bond acceptors (Lipinski definition) is 8. The van der Waals surface area contributed by atoms with Crippen molar-refractivity contribution < 1.29 is 8.78 Å². The SMILES string of the molecule is C=C(N(C)C)N1CCC(C2CCc3c(Cl)c(-c4ccc(F)c5sc(N)c(C#N)c45)c(F)c4nc(CCC)nc(c34)C2)C1.CN1CCCC1. The van der Waals surface area contributed by atoms with Crippen molar-refractivity contribution in [3.63, 3.8) is 0 Å². The maximum atomic E-state index is 16.8. The van der Waals surface area contributed by atoms with Gasteiger partial charge < -0.3 is 20.4 Å². The molecule has 4 heterocycles. The quantitative estimate of drug-likeness (QED) is 0.219. The summed E-state index contributed by atoms with van der Waals surface area (Å²) in [4.78, 5) is 16.5. The van der Waals surface area contributed by atoms with Gasteiger partial charge in [-0.1, -0.05) is 31.2 Å². The minimum atomic E-state index is -0.575. The first-order valence-electron chi connectivity index (χ1n) is 16.9. The molecule has 0 radical (unpaired) electrons.